The summed E-state index contributed by atoms with van der Waals surface area (Å²) in [6.45, 7) is -10.1. The molecule has 0 amide bonds. The summed E-state index contributed by atoms with van der Waals surface area (Å²) >= 11 is 0. The Labute approximate surface area is 184 Å². The fraction of sp³-hybridized carbons (Fsp3) is 0.750. The Morgan fingerprint density at radius 1 is 1.23 bits per heavy atom. The molecule has 1 N–H and O–H groups in total. The molecule has 2 unspecified atom stereocenters. The van der Waals surface area contributed by atoms with E-state index < -0.39 is 123 Å². The number of fused-ring (bicyclic) bond motifs is 1. The summed E-state index contributed by atoms with van der Waals surface area (Å²) in [6, 6.07) is 0. The Morgan fingerprint density at radius 2 is 1.92 bits per heavy atom. The van der Waals surface area contributed by atoms with E-state index in [0.717, 1.165) is 0 Å². The van der Waals surface area contributed by atoms with E-state index in [-0.39, 0.29) is 9.13 Å². The Bertz CT molecular complexity index is 1850. The number of imidazole rings is 1. The van der Waals surface area contributed by atoms with Gasteiger partial charge in [0.05, 0.1) is 0 Å². The standard InChI is InChI=1S/C20H28N4O2/c1-3-5-23-16-15(17(25)24(6-4-2)19(23)26)21-18(22-16)20-10-12-7-13(11-20)9-14(20)8-12/h12-14H,3-11H2,1-2H3,(H,21,22)/i1D3,2D3,3D2,4D2,7D2,8D2,9D2,10D2,11D2,12D,13D,14D. The van der Waals surface area contributed by atoms with Crippen LogP contribution in [-0.4, -0.2) is 19.1 Å². The maximum atomic E-state index is 13.8. The highest BCUT2D eigenvalue weighted by Gasteiger charge is 2.59. The first-order chi connectivity index (χ1) is 21.3. The summed E-state index contributed by atoms with van der Waals surface area (Å²) in [4.78, 5) is 33.4. The zero-order chi connectivity index (χ0) is 38.4. The van der Waals surface area contributed by atoms with Gasteiger partial charge in [-0.3, -0.25) is 13.9 Å². The van der Waals surface area contributed by atoms with Crippen molar-refractivity contribution in [3.8, 4) is 0 Å². The lowest BCUT2D eigenvalue weighted by Gasteiger charge is -2.30. The van der Waals surface area contributed by atoms with Gasteiger partial charge in [0.15, 0.2) is 5.65 Å². The first-order valence-corrected chi connectivity index (χ1v) is 7.59. The average Bonchev–Trinajstić information content (AvgIpc) is 3.39. The van der Waals surface area contributed by atoms with Crippen LogP contribution in [0.1, 0.15) is 95.7 Å². The van der Waals surface area contributed by atoms with Crippen LogP contribution in [0, 0.1) is 17.7 Å². The predicted molar refractivity (Wildman–Crippen MR) is 100 cm³/mol. The monoisotopic (exact) mass is 379 g/mol. The Balaban J connectivity index is 2.00. The van der Waals surface area contributed by atoms with Crippen LogP contribution in [-0.2, 0) is 18.5 Å². The minimum absolute atomic E-state index is 0.0863. The molecular formula is C20H28N4O2. The molecule has 6 rings (SSSR count). The topological polar surface area (TPSA) is 72.7 Å². The van der Waals surface area contributed by atoms with Crippen molar-refractivity contribution in [1.82, 2.24) is 19.1 Å². The maximum Gasteiger partial charge on any atom is 0.332 e. The Morgan fingerprint density at radius 3 is 2.62 bits per heavy atom. The van der Waals surface area contributed by atoms with Crippen LogP contribution in [0.5, 0.6) is 0 Å². The second-order valence-electron chi connectivity index (χ2n) is 5.90. The Hall–Kier alpha value is -1.85. The van der Waals surface area contributed by atoms with E-state index in [0.29, 0.717) is 0 Å². The molecule has 140 valence electrons. The van der Waals surface area contributed by atoms with Gasteiger partial charge in [-0.1, -0.05) is 13.7 Å². The molecule has 0 spiro atoms. The summed E-state index contributed by atoms with van der Waals surface area (Å²) in [5.74, 6) is -13.3. The number of nitrogens with zero attached hydrogens (tertiary/aromatic N) is 3. The van der Waals surface area contributed by atoms with Gasteiger partial charge in [0, 0.05) is 50.0 Å². The molecule has 2 atom stereocenters. The molecule has 4 aliphatic rings. The summed E-state index contributed by atoms with van der Waals surface area (Å²) in [6.07, 6.45) is -26.9. The highest BCUT2D eigenvalue weighted by molar-refractivity contribution is 5.70. The third kappa shape index (κ3) is 2.01. The van der Waals surface area contributed by atoms with Gasteiger partial charge < -0.3 is 4.98 Å². The van der Waals surface area contributed by atoms with E-state index in [9.17, 15) is 11.0 Å². The second kappa shape index (κ2) is 5.57. The van der Waals surface area contributed by atoms with Crippen molar-refractivity contribution in [2.24, 2.45) is 17.7 Å². The first kappa shape index (κ1) is 4.95. The van der Waals surface area contributed by atoms with Crippen LogP contribution in [0.2, 0.25) is 0 Å². The van der Waals surface area contributed by atoms with E-state index >= 15 is 0 Å². The fourth-order valence-electron chi connectivity index (χ4n) is 3.33. The summed E-state index contributed by atoms with van der Waals surface area (Å²) in [5, 5.41) is 0. The molecule has 4 saturated carbocycles. The molecule has 2 heterocycles. The van der Waals surface area contributed by atoms with Crippen molar-refractivity contribution in [1.29, 1.82) is 0 Å². The molecule has 4 bridgehead atoms. The van der Waals surface area contributed by atoms with Gasteiger partial charge in [-0.25, -0.2) is 9.78 Å². The van der Waals surface area contributed by atoms with Gasteiger partial charge in [0.2, 0.25) is 0 Å². The average molecular weight is 380 g/mol. The molecule has 2 aromatic heterocycles. The van der Waals surface area contributed by atoms with Gasteiger partial charge in [-0.05, 0) is 62.3 Å². The zero-order valence-corrected chi connectivity index (χ0v) is 13.1. The summed E-state index contributed by atoms with van der Waals surface area (Å²) in [5.41, 5.74) is -9.52. The van der Waals surface area contributed by atoms with Crippen LogP contribution >= 0.6 is 0 Å². The molecule has 2 aromatic rings. The highest BCUT2D eigenvalue weighted by Crippen LogP contribution is 2.65. The number of aromatic amines is 1. The predicted octanol–water partition coefficient (Wildman–Crippen LogP) is 2.78. The highest BCUT2D eigenvalue weighted by atomic mass is 16.2. The Kier molecular flexibility index (Phi) is 1.06. The van der Waals surface area contributed by atoms with E-state index in [1.54, 1.807) is 0 Å². The zero-order valence-electron chi connectivity index (χ0n) is 36.1. The van der Waals surface area contributed by atoms with E-state index in [2.05, 4.69) is 9.97 Å². The molecule has 6 nitrogen and oxygen atoms in total. The number of aryl methyl sites for hydroxylation is 1. The molecule has 0 aromatic carbocycles. The van der Waals surface area contributed by atoms with Gasteiger partial charge in [-0.2, -0.15) is 0 Å². The van der Waals surface area contributed by atoms with Crippen LogP contribution in [0.4, 0.5) is 0 Å². The van der Waals surface area contributed by atoms with Crippen molar-refractivity contribution in [2.45, 2.75) is 76.8 Å². The van der Waals surface area contributed by atoms with Gasteiger partial charge >= 0.3 is 5.69 Å². The number of rotatable bonds is 5. The van der Waals surface area contributed by atoms with Crippen LogP contribution < -0.4 is 11.2 Å². The molecule has 4 fully saturated rings. The summed E-state index contributed by atoms with van der Waals surface area (Å²) < 4.78 is 192. The SMILES string of the molecule is [2H]C([2H])([2H])C([2H])([2H])Cn1c(=O)c2[nH]c(C34C([2H])([2H])C5([2H])C([2H])([2H])C([2H])(C([2H])([2H])C3([2H])C5([2H])[2H])C4([2H])[2H])nc2n(CC([2H])([2H])C([2H])([2H])[2H])c1=O. The molecule has 0 aliphatic heterocycles. The molecule has 0 radical (unpaired) electrons. The normalized spacial score (nSPS) is 65.5. The van der Waals surface area contributed by atoms with Crippen molar-refractivity contribution in [3.63, 3.8) is 0 Å². The number of hydrogen-bond acceptors (Lipinski definition) is 3. The lowest BCUT2D eigenvalue weighted by molar-refractivity contribution is 0.262. The number of H-pyrrole nitrogens is 1. The quantitative estimate of drug-likeness (QED) is 0.868. The van der Waals surface area contributed by atoms with Crippen molar-refractivity contribution in [3.05, 3.63) is 26.7 Å². The maximum absolute atomic E-state index is 13.8. The smallest absolute Gasteiger partial charge is 0.332 e. The minimum Gasteiger partial charge on any atom is -0.336 e. The third-order valence-electron chi connectivity index (χ3n) is 4.44. The molecule has 6 heteroatoms. The minimum atomic E-state index is -4.04. The molecular weight excluding hydrogens is 328 g/mol. The lowest BCUT2D eigenvalue weighted by atomic mass is 9.75. The molecule has 0 saturated heterocycles. The van der Waals surface area contributed by atoms with Crippen LogP contribution in [0.3, 0.4) is 0 Å². The fourth-order valence-corrected chi connectivity index (χ4v) is 3.33. The van der Waals surface area contributed by atoms with Crippen molar-refractivity contribution >= 4 is 11.2 Å². The number of hydrogen-bond donors (Lipinski definition) is 1. The van der Waals surface area contributed by atoms with Crippen LogP contribution in [0.25, 0.3) is 11.2 Å². The summed E-state index contributed by atoms with van der Waals surface area (Å²) in [7, 11) is 0. The second-order valence-corrected chi connectivity index (χ2v) is 5.90. The number of aromatic nitrogens is 4. The lowest BCUT2D eigenvalue weighted by Crippen LogP contribution is -2.40. The van der Waals surface area contributed by atoms with E-state index in [1.807, 2.05) is 0 Å². The molecule has 26 heavy (non-hydrogen) atoms. The van der Waals surface area contributed by atoms with Crippen molar-refractivity contribution < 1.29 is 31.5 Å². The number of nitrogens with one attached hydrogen (secondary N) is 1. The van der Waals surface area contributed by atoms with Crippen molar-refractivity contribution in [2.75, 3.05) is 0 Å². The first-order valence-electron chi connectivity index (χ1n) is 19.1. The third-order valence-corrected chi connectivity index (χ3v) is 4.44. The molecule has 4 aliphatic carbocycles. The van der Waals surface area contributed by atoms with E-state index in [4.69, 9.17) is 30.2 Å². The van der Waals surface area contributed by atoms with E-state index in [1.165, 1.54) is 0 Å². The van der Waals surface area contributed by atoms with Gasteiger partial charge in [0.25, 0.3) is 5.56 Å². The van der Waals surface area contributed by atoms with Crippen LogP contribution in [0.15, 0.2) is 9.59 Å². The van der Waals surface area contributed by atoms with Gasteiger partial charge in [-0.15, -0.1) is 0 Å². The largest absolute Gasteiger partial charge is 0.336 e. The van der Waals surface area contributed by atoms with Gasteiger partial charge in [0.1, 0.15) is 11.3 Å².